The summed E-state index contributed by atoms with van der Waals surface area (Å²) in [6, 6.07) is 21.2. The van der Waals surface area contributed by atoms with Gasteiger partial charge in [-0.25, -0.2) is 4.98 Å². The number of hydrogen-bond acceptors (Lipinski definition) is 4. The molecule has 5 heteroatoms. The lowest BCUT2D eigenvalue weighted by Gasteiger charge is -2.45. The van der Waals surface area contributed by atoms with E-state index in [-0.39, 0.29) is 11.1 Å². The molecule has 170 valence electrons. The molecule has 0 amide bonds. The van der Waals surface area contributed by atoms with E-state index >= 15 is 0 Å². The number of thiazole rings is 1. The van der Waals surface area contributed by atoms with Crippen molar-refractivity contribution in [2.75, 3.05) is 0 Å². The summed E-state index contributed by atoms with van der Waals surface area (Å²) in [5.41, 5.74) is 2.12. The lowest BCUT2D eigenvalue weighted by atomic mass is 10.1. The van der Waals surface area contributed by atoms with E-state index in [4.69, 9.17) is 4.43 Å². The second-order valence-electron chi connectivity index (χ2n) is 9.55. The Balaban J connectivity index is 2.06. The van der Waals surface area contributed by atoms with Gasteiger partial charge in [0.2, 0.25) is 0 Å². The minimum absolute atomic E-state index is 0.132. The summed E-state index contributed by atoms with van der Waals surface area (Å²) in [5, 5.41) is 16.2. The molecule has 0 bridgehead atoms. The van der Waals surface area contributed by atoms with Crippen LogP contribution in [0.1, 0.15) is 51.7 Å². The zero-order valence-electron chi connectivity index (χ0n) is 20.0. The van der Waals surface area contributed by atoms with Crippen molar-refractivity contribution in [1.82, 2.24) is 4.98 Å². The average molecular weight is 466 g/mol. The predicted octanol–water partition coefficient (Wildman–Crippen LogP) is 5.57. The summed E-state index contributed by atoms with van der Waals surface area (Å²) in [7, 11) is -2.73. The number of aromatic nitrogens is 1. The van der Waals surface area contributed by atoms with Crippen molar-refractivity contribution in [1.29, 1.82) is 0 Å². The zero-order valence-corrected chi connectivity index (χ0v) is 21.8. The average Bonchev–Trinajstić information content (AvgIpc) is 3.15. The molecule has 0 aliphatic carbocycles. The van der Waals surface area contributed by atoms with Crippen molar-refractivity contribution >= 4 is 36.1 Å². The molecule has 1 aromatic heterocycles. The number of aliphatic hydroxyl groups excluding tert-OH is 1. The molecule has 3 nitrogen and oxygen atoms in total. The molecule has 1 N–H and O–H groups in total. The summed E-state index contributed by atoms with van der Waals surface area (Å²) in [6.45, 7) is 12.7. The lowest BCUT2D eigenvalue weighted by molar-refractivity contribution is 0.0426. The second kappa shape index (κ2) is 10.3. The van der Waals surface area contributed by atoms with Crippen LogP contribution in [-0.2, 0) is 4.43 Å². The molecule has 0 aliphatic heterocycles. The standard InChI is InChI=1S/C27H35NO2SSi/c1-20(17-23-19-31-22(3)28-23)18-26(21(2)29)30-32(27(4,5)6,24-13-9-7-10-14-24)25-15-11-8-12-16-25/h7-17,19,21,26,29H,18H2,1-6H3/b20-17+/t21-,26+/m1/s1. The Morgan fingerprint density at radius 1 is 1.06 bits per heavy atom. The molecule has 0 unspecified atom stereocenters. The smallest absolute Gasteiger partial charge is 0.261 e. The normalized spacial score (nSPS) is 14.9. The Hall–Kier alpha value is -2.05. The molecule has 3 rings (SSSR count). The molecule has 32 heavy (non-hydrogen) atoms. The number of rotatable bonds is 8. The van der Waals surface area contributed by atoms with E-state index in [1.165, 1.54) is 10.4 Å². The van der Waals surface area contributed by atoms with Crippen molar-refractivity contribution < 1.29 is 9.53 Å². The highest BCUT2D eigenvalue weighted by molar-refractivity contribution is 7.09. The van der Waals surface area contributed by atoms with Gasteiger partial charge in [-0.15, -0.1) is 11.3 Å². The topological polar surface area (TPSA) is 42.4 Å². The van der Waals surface area contributed by atoms with Crippen molar-refractivity contribution in [2.45, 2.75) is 65.2 Å². The minimum atomic E-state index is -2.73. The maximum atomic E-state index is 10.8. The first-order valence-electron chi connectivity index (χ1n) is 11.2. The van der Waals surface area contributed by atoms with Crippen LogP contribution in [0.25, 0.3) is 6.08 Å². The van der Waals surface area contributed by atoms with Gasteiger partial charge in [-0.1, -0.05) is 87.0 Å². The van der Waals surface area contributed by atoms with Crippen LogP contribution in [0, 0.1) is 6.92 Å². The molecular formula is C27H35NO2SSi. The van der Waals surface area contributed by atoms with Gasteiger partial charge in [0.1, 0.15) is 0 Å². The van der Waals surface area contributed by atoms with Gasteiger partial charge < -0.3 is 9.53 Å². The van der Waals surface area contributed by atoms with Crippen molar-refractivity contribution in [3.63, 3.8) is 0 Å². The number of nitrogens with zero attached hydrogens (tertiary/aromatic N) is 1. The molecule has 2 aromatic carbocycles. The summed E-state index contributed by atoms with van der Waals surface area (Å²) >= 11 is 1.65. The van der Waals surface area contributed by atoms with Crippen LogP contribution in [0.4, 0.5) is 0 Å². The fourth-order valence-corrected chi connectivity index (χ4v) is 9.62. The Morgan fingerprint density at radius 3 is 2.00 bits per heavy atom. The fraction of sp³-hybridized carbons (Fsp3) is 0.370. The van der Waals surface area contributed by atoms with E-state index in [2.05, 4.69) is 92.7 Å². The van der Waals surface area contributed by atoms with E-state index in [9.17, 15) is 5.11 Å². The molecule has 0 radical (unpaired) electrons. The minimum Gasteiger partial charge on any atom is -0.402 e. The molecule has 2 atom stereocenters. The highest BCUT2D eigenvalue weighted by atomic mass is 32.1. The Bertz CT molecular complexity index is 983. The first-order chi connectivity index (χ1) is 15.1. The van der Waals surface area contributed by atoms with E-state index < -0.39 is 14.4 Å². The van der Waals surface area contributed by atoms with Gasteiger partial charge in [-0.2, -0.15) is 0 Å². The van der Waals surface area contributed by atoms with Crippen molar-refractivity contribution in [3.05, 3.63) is 82.3 Å². The summed E-state index contributed by atoms with van der Waals surface area (Å²) in [6.07, 6.45) is 1.83. The maximum absolute atomic E-state index is 10.8. The molecule has 1 heterocycles. The van der Waals surface area contributed by atoms with Crippen LogP contribution in [0.15, 0.2) is 71.6 Å². The molecule has 0 spiro atoms. The number of aliphatic hydroxyl groups is 1. The van der Waals surface area contributed by atoms with Gasteiger partial charge in [0.15, 0.2) is 0 Å². The van der Waals surface area contributed by atoms with Gasteiger partial charge in [0, 0.05) is 5.38 Å². The first kappa shape index (κ1) is 24.6. The quantitative estimate of drug-likeness (QED) is 0.442. The molecule has 0 fully saturated rings. The Labute approximate surface area is 198 Å². The van der Waals surface area contributed by atoms with E-state index in [1.807, 2.05) is 26.0 Å². The first-order valence-corrected chi connectivity index (χ1v) is 14.0. The third kappa shape index (κ3) is 5.46. The summed E-state index contributed by atoms with van der Waals surface area (Å²) in [4.78, 5) is 4.56. The monoisotopic (exact) mass is 465 g/mol. The maximum Gasteiger partial charge on any atom is 0.261 e. The lowest BCUT2D eigenvalue weighted by Crippen LogP contribution is -2.68. The van der Waals surface area contributed by atoms with Crippen LogP contribution in [-0.4, -0.2) is 30.6 Å². The predicted molar refractivity (Wildman–Crippen MR) is 139 cm³/mol. The Kier molecular flexibility index (Phi) is 7.88. The zero-order chi connectivity index (χ0) is 23.4. The van der Waals surface area contributed by atoms with Crippen LogP contribution < -0.4 is 10.4 Å². The van der Waals surface area contributed by atoms with Gasteiger partial charge >= 0.3 is 0 Å². The highest BCUT2D eigenvalue weighted by Gasteiger charge is 2.51. The number of benzene rings is 2. The second-order valence-corrected chi connectivity index (χ2v) is 14.9. The fourth-order valence-electron chi connectivity index (χ4n) is 4.30. The third-order valence-corrected chi connectivity index (χ3v) is 11.7. The van der Waals surface area contributed by atoms with Crippen molar-refractivity contribution in [2.24, 2.45) is 0 Å². The van der Waals surface area contributed by atoms with E-state index in [0.717, 1.165) is 16.3 Å². The third-order valence-electron chi connectivity index (χ3n) is 5.84. The van der Waals surface area contributed by atoms with Gasteiger partial charge in [0.05, 0.1) is 22.9 Å². The molecular weight excluding hydrogens is 430 g/mol. The van der Waals surface area contributed by atoms with E-state index in [0.29, 0.717) is 6.42 Å². The SMILES string of the molecule is C/C(=C\c1csc(C)n1)C[C@H](O[Si](c1ccccc1)(c1ccccc1)C(C)(C)C)[C@@H](C)O. The largest absolute Gasteiger partial charge is 0.402 e. The number of hydrogen-bond donors (Lipinski definition) is 1. The summed E-state index contributed by atoms with van der Waals surface area (Å²) in [5.74, 6) is 0. The van der Waals surface area contributed by atoms with Gasteiger partial charge in [-0.3, -0.25) is 0 Å². The van der Waals surface area contributed by atoms with Gasteiger partial charge in [-0.05, 0) is 48.7 Å². The number of aryl methyl sites for hydroxylation is 1. The Morgan fingerprint density at radius 2 is 1.59 bits per heavy atom. The van der Waals surface area contributed by atoms with Crippen LogP contribution in [0.5, 0.6) is 0 Å². The highest BCUT2D eigenvalue weighted by Crippen LogP contribution is 2.38. The molecule has 3 aromatic rings. The van der Waals surface area contributed by atoms with Crippen LogP contribution in [0.3, 0.4) is 0 Å². The van der Waals surface area contributed by atoms with Crippen molar-refractivity contribution in [3.8, 4) is 0 Å². The van der Waals surface area contributed by atoms with Crippen LogP contribution in [0.2, 0.25) is 5.04 Å². The van der Waals surface area contributed by atoms with Crippen LogP contribution >= 0.6 is 11.3 Å². The summed E-state index contributed by atoms with van der Waals surface area (Å²) < 4.78 is 7.18. The molecule has 0 aliphatic rings. The molecule has 0 saturated carbocycles. The van der Waals surface area contributed by atoms with E-state index in [1.54, 1.807) is 11.3 Å². The molecule has 0 saturated heterocycles. The van der Waals surface area contributed by atoms with Gasteiger partial charge in [0.25, 0.3) is 8.32 Å².